The molecular weight excluding hydrogens is 406 g/mol. The van der Waals surface area contributed by atoms with Gasteiger partial charge in [0.05, 0.1) is 12.2 Å². The van der Waals surface area contributed by atoms with Crippen LogP contribution in [0.3, 0.4) is 0 Å². The van der Waals surface area contributed by atoms with Gasteiger partial charge < -0.3 is 10.2 Å². The third-order valence-electron chi connectivity index (χ3n) is 9.04. The molecule has 0 aliphatic heterocycles. The molecule has 0 radical (unpaired) electrons. The van der Waals surface area contributed by atoms with Gasteiger partial charge in [0.1, 0.15) is 0 Å². The summed E-state index contributed by atoms with van der Waals surface area (Å²) in [5.74, 6) is -1.34. The zero-order valence-electron chi connectivity index (χ0n) is 20.8. The quantitative estimate of drug-likeness (QED) is 0.434. The molecule has 0 spiro atoms. The van der Waals surface area contributed by atoms with Crippen LogP contribution < -0.4 is 0 Å². The first-order valence-corrected chi connectivity index (χ1v) is 12.6. The van der Waals surface area contributed by atoms with E-state index in [1.807, 2.05) is 0 Å². The van der Waals surface area contributed by atoms with Crippen LogP contribution in [0.25, 0.3) is 0 Å². The number of aliphatic hydroxyl groups excluding tert-OH is 2. The molecule has 4 heteroatoms. The van der Waals surface area contributed by atoms with Gasteiger partial charge in [-0.05, 0) is 80.1 Å². The highest BCUT2D eigenvalue weighted by Crippen LogP contribution is 2.60. The molecule has 0 heterocycles. The van der Waals surface area contributed by atoms with Gasteiger partial charge in [0.25, 0.3) is 5.92 Å². The molecule has 0 amide bonds. The minimum absolute atomic E-state index is 0.0281. The Morgan fingerprint density at radius 1 is 1.12 bits per heavy atom. The Kier molecular flexibility index (Phi) is 7.47. The van der Waals surface area contributed by atoms with Crippen LogP contribution in [0.2, 0.25) is 0 Å². The number of hydrogen-bond donors (Lipinski definition) is 2. The summed E-state index contributed by atoms with van der Waals surface area (Å²) in [5, 5.41) is 20.3. The molecule has 0 bridgehead atoms. The molecule has 0 aromatic heterocycles. The van der Waals surface area contributed by atoms with Crippen LogP contribution in [-0.4, -0.2) is 28.3 Å². The number of alkyl halides is 2. The first kappa shape index (κ1) is 25.6. The van der Waals surface area contributed by atoms with E-state index in [1.54, 1.807) is 20.8 Å². The summed E-state index contributed by atoms with van der Waals surface area (Å²) in [6.45, 7) is 13.3. The van der Waals surface area contributed by atoms with Crippen LogP contribution in [0.15, 0.2) is 35.5 Å². The maximum Gasteiger partial charge on any atom is 0.252 e. The molecule has 32 heavy (non-hydrogen) atoms. The summed E-state index contributed by atoms with van der Waals surface area (Å²) >= 11 is 0. The van der Waals surface area contributed by atoms with Crippen molar-refractivity contribution < 1.29 is 19.0 Å². The fourth-order valence-electron chi connectivity index (χ4n) is 6.62. The number of allylic oxidation sites excluding steroid dienone is 3. The van der Waals surface area contributed by atoms with Crippen LogP contribution in [0.1, 0.15) is 92.4 Å². The summed E-state index contributed by atoms with van der Waals surface area (Å²) in [5.41, 5.74) is 2.25. The van der Waals surface area contributed by atoms with E-state index in [2.05, 4.69) is 32.6 Å². The first-order valence-electron chi connectivity index (χ1n) is 12.6. The highest BCUT2D eigenvalue weighted by molar-refractivity contribution is 5.29. The van der Waals surface area contributed by atoms with Gasteiger partial charge in [-0.3, -0.25) is 0 Å². The van der Waals surface area contributed by atoms with Crippen LogP contribution in [0, 0.1) is 28.6 Å². The maximum atomic E-state index is 14.6. The lowest BCUT2D eigenvalue weighted by Gasteiger charge is -2.44. The van der Waals surface area contributed by atoms with E-state index in [4.69, 9.17) is 0 Å². The number of fused-ring (bicyclic) bond motifs is 1. The van der Waals surface area contributed by atoms with E-state index in [0.717, 1.165) is 31.3 Å². The SMILES string of the molecule is C=C1[C@H](O)CC(=C/C=C2\CCC[C@@]3(C)C2CCC3[C@H](C)CCC(F)(F)C(C)(C)C)C[C@H]1O. The topological polar surface area (TPSA) is 40.5 Å². The van der Waals surface area contributed by atoms with Crippen molar-refractivity contribution in [2.45, 2.75) is 111 Å². The Labute approximate surface area is 193 Å². The zero-order valence-corrected chi connectivity index (χ0v) is 20.8. The minimum Gasteiger partial charge on any atom is -0.388 e. The van der Waals surface area contributed by atoms with E-state index in [-0.39, 0.29) is 11.8 Å². The third kappa shape index (κ3) is 5.06. The van der Waals surface area contributed by atoms with Crippen molar-refractivity contribution >= 4 is 0 Å². The summed E-state index contributed by atoms with van der Waals surface area (Å²) in [4.78, 5) is 0. The summed E-state index contributed by atoms with van der Waals surface area (Å²) in [6.07, 6.45) is 10.3. The number of halogens is 2. The smallest absolute Gasteiger partial charge is 0.252 e. The fraction of sp³-hybridized carbons (Fsp3) is 0.786. The highest BCUT2D eigenvalue weighted by atomic mass is 19.3. The summed E-state index contributed by atoms with van der Waals surface area (Å²) < 4.78 is 29.1. The summed E-state index contributed by atoms with van der Waals surface area (Å²) in [7, 11) is 0. The van der Waals surface area contributed by atoms with Crippen LogP contribution >= 0.6 is 0 Å². The van der Waals surface area contributed by atoms with Crippen LogP contribution in [0.4, 0.5) is 8.78 Å². The lowest BCUT2D eigenvalue weighted by Crippen LogP contribution is -2.38. The predicted molar refractivity (Wildman–Crippen MR) is 128 cm³/mol. The highest BCUT2D eigenvalue weighted by Gasteiger charge is 2.51. The molecule has 2 N–H and O–H groups in total. The second-order valence-corrected chi connectivity index (χ2v) is 12.1. The van der Waals surface area contributed by atoms with Crippen molar-refractivity contribution in [2.75, 3.05) is 0 Å². The predicted octanol–water partition coefficient (Wildman–Crippen LogP) is 7.23. The molecule has 0 saturated heterocycles. The average molecular weight is 451 g/mol. The van der Waals surface area contributed by atoms with Gasteiger partial charge in [-0.25, -0.2) is 8.78 Å². The molecule has 3 rings (SSSR count). The van der Waals surface area contributed by atoms with Crippen molar-refractivity contribution in [3.8, 4) is 0 Å². The molecular formula is C28H44F2O2. The Morgan fingerprint density at radius 2 is 1.75 bits per heavy atom. The molecule has 3 aliphatic rings. The zero-order chi connectivity index (χ0) is 23.9. The van der Waals surface area contributed by atoms with E-state index >= 15 is 0 Å². The van der Waals surface area contributed by atoms with E-state index in [0.29, 0.717) is 42.6 Å². The van der Waals surface area contributed by atoms with Gasteiger partial charge in [-0.2, -0.15) is 0 Å². The van der Waals surface area contributed by atoms with Crippen LogP contribution in [0.5, 0.6) is 0 Å². The molecule has 0 aromatic carbocycles. The lowest BCUT2D eigenvalue weighted by molar-refractivity contribution is -0.108. The lowest BCUT2D eigenvalue weighted by atomic mass is 9.60. The van der Waals surface area contributed by atoms with Gasteiger partial charge in [0, 0.05) is 11.8 Å². The van der Waals surface area contributed by atoms with Crippen molar-refractivity contribution in [2.24, 2.45) is 28.6 Å². The maximum absolute atomic E-state index is 14.6. The second-order valence-electron chi connectivity index (χ2n) is 12.1. The van der Waals surface area contributed by atoms with Crippen molar-refractivity contribution in [1.82, 2.24) is 0 Å². The Morgan fingerprint density at radius 3 is 2.34 bits per heavy atom. The van der Waals surface area contributed by atoms with Gasteiger partial charge >= 0.3 is 0 Å². The van der Waals surface area contributed by atoms with Gasteiger partial charge in [-0.15, -0.1) is 0 Å². The molecule has 0 aromatic rings. The molecule has 3 fully saturated rings. The minimum atomic E-state index is -2.63. The normalized spacial score (nSPS) is 36.3. The van der Waals surface area contributed by atoms with Crippen molar-refractivity contribution in [3.63, 3.8) is 0 Å². The number of aliphatic hydroxyl groups is 2. The van der Waals surface area contributed by atoms with E-state index in [1.165, 1.54) is 12.0 Å². The summed E-state index contributed by atoms with van der Waals surface area (Å²) in [6, 6.07) is 0. The number of hydrogen-bond acceptors (Lipinski definition) is 2. The van der Waals surface area contributed by atoms with E-state index in [9.17, 15) is 19.0 Å². The molecule has 3 saturated carbocycles. The van der Waals surface area contributed by atoms with E-state index < -0.39 is 23.5 Å². The fourth-order valence-corrected chi connectivity index (χ4v) is 6.62. The Hall–Kier alpha value is -1.00. The van der Waals surface area contributed by atoms with Crippen molar-refractivity contribution in [1.29, 1.82) is 0 Å². The molecule has 182 valence electrons. The second kappa shape index (κ2) is 9.33. The monoisotopic (exact) mass is 450 g/mol. The van der Waals surface area contributed by atoms with Gasteiger partial charge in [0.2, 0.25) is 0 Å². The number of rotatable bonds is 5. The largest absolute Gasteiger partial charge is 0.388 e. The standard InChI is InChI=1S/C28H44F2O2/c1-18(13-15-28(29,30)26(3,4)5)22-11-12-23-21(8-7-14-27(22,23)6)10-9-20-16-24(31)19(2)25(32)17-20/h9-10,18,22-25,31-32H,2,7-8,11-17H2,1,3-6H3/b21-10+/t18-,22?,23?,24-,25-,27-/m1/s1. The van der Waals surface area contributed by atoms with Crippen molar-refractivity contribution in [3.05, 3.63) is 35.5 Å². The molecule has 6 atom stereocenters. The first-order chi connectivity index (χ1) is 14.8. The molecule has 2 nitrogen and oxygen atoms in total. The third-order valence-corrected chi connectivity index (χ3v) is 9.04. The van der Waals surface area contributed by atoms with Gasteiger partial charge in [0.15, 0.2) is 0 Å². The molecule has 2 unspecified atom stereocenters. The van der Waals surface area contributed by atoms with Gasteiger partial charge in [-0.1, -0.05) is 64.5 Å². The Balaban J connectivity index is 1.70. The molecule has 3 aliphatic carbocycles. The average Bonchev–Trinajstić information content (AvgIpc) is 3.05. The Bertz CT molecular complexity index is 744. The van der Waals surface area contributed by atoms with Crippen LogP contribution in [-0.2, 0) is 0 Å².